The van der Waals surface area contributed by atoms with Gasteiger partial charge < -0.3 is 11.1 Å². The number of hydrogen-bond donors (Lipinski definition) is 2. The van der Waals surface area contributed by atoms with Crippen LogP contribution in [-0.4, -0.2) is 27.6 Å². The van der Waals surface area contributed by atoms with Gasteiger partial charge in [0.05, 0.1) is 17.2 Å². The van der Waals surface area contributed by atoms with Crippen molar-refractivity contribution in [2.45, 2.75) is 31.7 Å². The molecule has 2 heterocycles. The molecule has 1 amide bonds. The number of nitrogens with zero attached hydrogens (tertiary/aromatic N) is 2. The molecule has 0 aromatic carbocycles. The molecule has 2 aromatic rings. The Labute approximate surface area is 146 Å². The molecule has 0 saturated heterocycles. The average molecular weight is 371 g/mol. The van der Waals surface area contributed by atoms with Crippen LogP contribution in [0.3, 0.4) is 0 Å². The van der Waals surface area contributed by atoms with E-state index in [2.05, 4.69) is 15.5 Å². The normalized spacial score (nSPS) is 11.4. The van der Waals surface area contributed by atoms with E-state index in [0.717, 1.165) is 4.88 Å². The van der Waals surface area contributed by atoms with Crippen LogP contribution in [0.1, 0.15) is 35.3 Å². The molecular formula is C14H18N4O2S3. The first kappa shape index (κ1) is 17.9. The number of nitrogen functional groups attached to an aromatic ring is 1. The zero-order valence-electron chi connectivity index (χ0n) is 13.1. The number of amides is 1. The quantitative estimate of drug-likeness (QED) is 0.599. The molecule has 23 heavy (non-hydrogen) atoms. The summed E-state index contributed by atoms with van der Waals surface area (Å²) in [5, 5.41) is 10.8. The Morgan fingerprint density at radius 3 is 2.61 bits per heavy atom. The number of carbonyl (C=O) groups excluding carboxylic acids is 2. The second-order valence-electron chi connectivity index (χ2n) is 5.82. The van der Waals surface area contributed by atoms with Gasteiger partial charge in [0.2, 0.25) is 11.0 Å². The molecule has 0 fully saturated rings. The number of thiophene rings is 1. The number of Topliss-reactive ketones (excluding diaryl/α,β-unsaturated/α-hetero) is 1. The Morgan fingerprint density at radius 1 is 1.26 bits per heavy atom. The summed E-state index contributed by atoms with van der Waals surface area (Å²) in [6.07, 6.45) is 0. The predicted molar refractivity (Wildman–Crippen MR) is 95.0 cm³/mol. The molecule has 0 saturated carbocycles. The molecule has 0 bridgehead atoms. The van der Waals surface area contributed by atoms with Gasteiger partial charge in [0.25, 0.3) is 0 Å². The Bertz CT molecular complexity index is 703. The predicted octanol–water partition coefficient (Wildman–Crippen LogP) is 2.82. The lowest BCUT2D eigenvalue weighted by atomic mass is 9.96. The summed E-state index contributed by atoms with van der Waals surface area (Å²) in [7, 11) is 0. The third-order valence-corrected chi connectivity index (χ3v) is 5.80. The third kappa shape index (κ3) is 5.29. The number of rotatable bonds is 6. The van der Waals surface area contributed by atoms with Gasteiger partial charge in [-0.3, -0.25) is 9.59 Å². The highest BCUT2D eigenvalue weighted by atomic mass is 32.2. The fraction of sp³-hybridized carbons (Fsp3) is 0.429. The lowest BCUT2D eigenvalue weighted by molar-refractivity contribution is -0.128. The van der Waals surface area contributed by atoms with Gasteiger partial charge in [-0.15, -0.1) is 21.5 Å². The monoisotopic (exact) mass is 370 g/mol. The molecule has 0 radical (unpaired) electrons. The Hall–Kier alpha value is -1.45. The second kappa shape index (κ2) is 7.41. The standard InChI is InChI=1S/C14H18N4O2S3/c1-14(2,3)11(20)16-6-8-4-5-10(22-8)9(19)7-21-13-18-17-12(15)23-13/h4-5H,6-7H2,1-3H3,(H2,15,17)(H,16,20). The second-order valence-corrected chi connectivity index (χ2v) is 9.22. The van der Waals surface area contributed by atoms with Crippen molar-refractivity contribution in [1.82, 2.24) is 15.5 Å². The minimum atomic E-state index is -0.420. The fourth-order valence-electron chi connectivity index (χ4n) is 1.53. The van der Waals surface area contributed by atoms with Crippen LogP contribution in [-0.2, 0) is 11.3 Å². The zero-order chi connectivity index (χ0) is 17.0. The van der Waals surface area contributed by atoms with E-state index in [1.807, 2.05) is 26.8 Å². The molecule has 0 atom stereocenters. The van der Waals surface area contributed by atoms with E-state index in [0.29, 0.717) is 26.6 Å². The fourth-order valence-corrected chi connectivity index (χ4v) is 4.03. The van der Waals surface area contributed by atoms with Crippen molar-refractivity contribution in [1.29, 1.82) is 0 Å². The molecule has 6 nitrogen and oxygen atoms in total. The van der Waals surface area contributed by atoms with E-state index >= 15 is 0 Å². The molecule has 0 spiro atoms. The third-order valence-electron chi connectivity index (χ3n) is 2.79. The van der Waals surface area contributed by atoms with Crippen molar-refractivity contribution in [3.05, 3.63) is 21.9 Å². The van der Waals surface area contributed by atoms with Crippen molar-refractivity contribution in [2.75, 3.05) is 11.5 Å². The first-order valence-electron chi connectivity index (χ1n) is 6.87. The van der Waals surface area contributed by atoms with E-state index < -0.39 is 5.41 Å². The maximum Gasteiger partial charge on any atom is 0.225 e. The highest BCUT2D eigenvalue weighted by molar-refractivity contribution is 8.01. The molecule has 2 aromatic heterocycles. The Morgan fingerprint density at radius 2 is 2.00 bits per heavy atom. The zero-order valence-corrected chi connectivity index (χ0v) is 15.5. The number of aromatic nitrogens is 2. The number of nitrogens with one attached hydrogen (secondary N) is 1. The van der Waals surface area contributed by atoms with Gasteiger partial charge in [0.1, 0.15) is 0 Å². The van der Waals surface area contributed by atoms with Crippen LogP contribution in [0.4, 0.5) is 5.13 Å². The number of thioether (sulfide) groups is 1. The SMILES string of the molecule is CC(C)(C)C(=O)NCc1ccc(C(=O)CSc2nnc(N)s2)s1. The highest BCUT2D eigenvalue weighted by Crippen LogP contribution is 2.26. The maximum absolute atomic E-state index is 12.2. The van der Waals surface area contributed by atoms with Gasteiger partial charge in [-0.1, -0.05) is 43.9 Å². The van der Waals surface area contributed by atoms with Crippen molar-refractivity contribution in [3.8, 4) is 0 Å². The summed E-state index contributed by atoms with van der Waals surface area (Å²) in [5.74, 6) is 0.313. The van der Waals surface area contributed by atoms with Crippen LogP contribution >= 0.6 is 34.4 Å². The molecule has 0 aliphatic heterocycles. The molecule has 0 aliphatic carbocycles. The first-order chi connectivity index (χ1) is 10.8. The van der Waals surface area contributed by atoms with Crippen LogP contribution in [0.15, 0.2) is 16.5 Å². The number of nitrogens with two attached hydrogens (primary N) is 1. The summed E-state index contributed by atoms with van der Waals surface area (Å²) >= 11 is 3.99. The first-order valence-corrected chi connectivity index (χ1v) is 9.49. The van der Waals surface area contributed by atoms with Gasteiger partial charge >= 0.3 is 0 Å². The van der Waals surface area contributed by atoms with Crippen LogP contribution < -0.4 is 11.1 Å². The Kier molecular flexibility index (Phi) is 5.77. The van der Waals surface area contributed by atoms with Gasteiger partial charge in [0.15, 0.2) is 10.1 Å². The minimum absolute atomic E-state index is 0.0109. The summed E-state index contributed by atoms with van der Waals surface area (Å²) < 4.78 is 0.685. The van der Waals surface area contributed by atoms with Crippen molar-refractivity contribution in [2.24, 2.45) is 5.41 Å². The summed E-state index contributed by atoms with van der Waals surface area (Å²) in [6, 6.07) is 3.66. The smallest absolute Gasteiger partial charge is 0.225 e. The number of ketones is 1. The van der Waals surface area contributed by atoms with Crippen LogP contribution in [0.5, 0.6) is 0 Å². The summed E-state index contributed by atoms with van der Waals surface area (Å²) in [6.45, 7) is 6.03. The van der Waals surface area contributed by atoms with E-state index in [-0.39, 0.29) is 11.7 Å². The molecule has 0 aliphatic rings. The van der Waals surface area contributed by atoms with Crippen molar-refractivity contribution >= 4 is 51.3 Å². The van der Waals surface area contributed by atoms with Gasteiger partial charge in [-0.05, 0) is 12.1 Å². The van der Waals surface area contributed by atoms with Crippen molar-refractivity contribution < 1.29 is 9.59 Å². The van der Waals surface area contributed by atoms with E-state index in [1.54, 1.807) is 6.07 Å². The Balaban J connectivity index is 1.86. The number of carbonyl (C=O) groups is 2. The van der Waals surface area contributed by atoms with Crippen LogP contribution in [0.2, 0.25) is 0 Å². The van der Waals surface area contributed by atoms with Crippen LogP contribution in [0.25, 0.3) is 0 Å². The minimum Gasteiger partial charge on any atom is -0.374 e. The number of anilines is 1. The number of hydrogen-bond acceptors (Lipinski definition) is 8. The van der Waals surface area contributed by atoms with E-state index in [9.17, 15) is 9.59 Å². The molecule has 2 rings (SSSR count). The topological polar surface area (TPSA) is 98.0 Å². The highest BCUT2D eigenvalue weighted by Gasteiger charge is 2.21. The van der Waals surface area contributed by atoms with Gasteiger partial charge in [-0.2, -0.15) is 0 Å². The van der Waals surface area contributed by atoms with E-state index in [1.165, 1.54) is 34.4 Å². The van der Waals surface area contributed by atoms with Crippen LogP contribution in [0, 0.1) is 5.41 Å². The van der Waals surface area contributed by atoms with E-state index in [4.69, 9.17) is 5.73 Å². The lowest BCUT2D eigenvalue weighted by Gasteiger charge is -2.17. The molecule has 0 unspecified atom stereocenters. The molecular weight excluding hydrogens is 352 g/mol. The van der Waals surface area contributed by atoms with Crippen molar-refractivity contribution in [3.63, 3.8) is 0 Å². The lowest BCUT2D eigenvalue weighted by Crippen LogP contribution is -2.34. The molecule has 9 heteroatoms. The average Bonchev–Trinajstić information content (AvgIpc) is 3.10. The van der Waals surface area contributed by atoms with Gasteiger partial charge in [0, 0.05) is 10.3 Å². The maximum atomic E-state index is 12.2. The van der Waals surface area contributed by atoms with Gasteiger partial charge in [-0.25, -0.2) is 0 Å². The largest absolute Gasteiger partial charge is 0.374 e. The summed E-state index contributed by atoms with van der Waals surface area (Å²) in [4.78, 5) is 25.6. The molecule has 3 N–H and O–H groups in total. The molecule has 124 valence electrons. The summed E-state index contributed by atoms with van der Waals surface area (Å²) in [5.41, 5.74) is 5.08.